The molecule has 0 fully saturated rings. The first-order valence-electron chi connectivity index (χ1n) is 7.89. The molecule has 28 heavy (non-hydrogen) atoms. The van der Waals surface area contributed by atoms with Crippen LogP contribution in [0.4, 0.5) is 30.4 Å². The number of para-hydroxylation sites is 2. The molecule has 3 rings (SSSR count). The standard InChI is InChI=1S/C18H13Cl2F3N4O/c1-27-15(9-14(26-27)18(21,22)23)25-17(28)10-5-2-3-8-13(10)24-16-11(19)6-4-7-12(16)20/h2-9,24H,1H3,(H,25,28). The number of hydrogen-bond acceptors (Lipinski definition) is 3. The highest BCUT2D eigenvalue weighted by atomic mass is 35.5. The zero-order valence-electron chi connectivity index (χ0n) is 14.3. The third-order valence-corrected chi connectivity index (χ3v) is 4.44. The summed E-state index contributed by atoms with van der Waals surface area (Å²) in [5, 5.41) is 9.49. The van der Waals surface area contributed by atoms with Crippen LogP contribution in [-0.4, -0.2) is 15.7 Å². The van der Waals surface area contributed by atoms with Gasteiger partial charge in [0.1, 0.15) is 5.82 Å². The van der Waals surface area contributed by atoms with Gasteiger partial charge in [0.25, 0.3) is 5.91 Å². The predicted octanol–water partition coefficient (Wildman–Crippen LogP) is 5.74. The van der Waals surface area contributed by atoms with Crippen molar-refractivity contribution in [3.05, 3.63) is 69.8 Å². The van der Waals surface area contributed by atoms with Crippen molar-refractivity contribution in [2.24, 2.45) is 7.05 Å². The van der Waals surface area contributed by atoms with E-state index in [2.05, 4.69) is 15.7 Å². The Kier molecular flexibility index (Phi) is 5.53. The van der Waals surface area contributed by atoms with Crippen LogP contribution in [0.25, 0.3) is 0 Å². The Balaban J connectivity index is 1.89. The van der Waals surface area contributed by atoms with Gasteiger partial charge < -0.3 is 10.6 Å². The van der Waals surface area contributed by atoms with E-state index >= 15 is 0 Å². The Labute approximate surface area is 168 Å². The van der Waals surface area contributed by atoms with Crippen LogP contribution in [0.2, 0.25) is 10.0 Å². The molecular formula is C18H13Cl2F3N4O. The van der Waals surface area contributed by atoms with Crippen LogP contribution in [-0.2, 0) is 13.2 Å². The van der Waals surface area contributed by atoms with Crippen molar-refractivity contribution in [3.63, 3.8) is 0 Å². The highest BCUT2D eigenvalue weighted by Crippen LogP contribution is 2.34. The second-order valence-electron chi connectivity index (χ2n) is 5.76. The van der Waals surface area contributed by atoms with Crippen LogP contribution in [0.15, 0.2) is 48.5 Å². The first-order valence-corrected chi connectivity index (χ1v) is 8.65. The fourth-order valence-electron chi connectivity index (χ4n) is 2.45. The molecule has 0 radical (unpaired) electrons. The van der Waals surface area contributed by atoms with Crippen LogP contribution >= 0.6 is 23.2 Å². The van der Waals surface area contributed by atoms with Gasteiger partial charge in [-0.25, -0.2) is 0 Å². The summed E-state index contributed by atoms with van der Waals surface area (Å²) in [6, 6.07) is 12.2. The number of alkyl halides is 3. The lowest BCUT2D eigenvalue weighted by Gasteiger charge is -2.14. The molecule has 0 unspecified atom stereocenters. The molecule has 2 N–H and O–H groups in total. The molecule has 0 saturated carbocycles. The highest BCUT2D eigenvalue weighted by Gasteiger charge is 2.34. The minimum Gasteiger partial charge on any atom is -0.352 e. The van der Waals surface area contributed by atoms with E-state index in [1.54, 1.807) is 36.4 Å². The van der Waals surface area contributed by atoms with Gasteiger partial charge in [0, 0.05) is 13.1 Å². The Bertz CT molecular complexity index is 1010. The summed E-state index contributed by atoms with van der Waals surface area (Å²) < 4.78 is 39.3. The minimum atomic E-state index is -4.61. The van der Waals surface area contributed by atoms with E-state index in [4.69, 9.17) is 23.2 Å². The smallest absolute Gasteiger partial charge is 0.352 e. The number of nitrogens with one attached hydrogen (secondary N) is 2. The number of anilines is 3. The number of hydrogen-bond donors (Lipinski definition) is 2. The quantitative estimate of drug-likeness (QED) is 0.556. The van der Waals surface area contributed by atoms with E-state index < -0.39 is 17.8 Å². The van der Waals surface area contributed by atoms with Crippen LogP contribution in [0.5, 0.6) is 0 Å². The Hall–Kier alpha value is -2.71. The number of nitrogens with zero attached hydrogens (tertiary/aromatic N) is 2. The lowest BCUT2D eigenvalue weighted by molar-refractivity contribution is -0.141. The highest BCUT2D eigenvalue weighted by molar-refractivity contribution is 6.39. The van der Waals surface area contributed by atoms with Gasteiger partial charge in [-0.3, -0.25) is 9.48 Å². The molecule has 0 atom stereocenters. The lowest BCUT2D eigenvalue weighted by atomic mass is 10.1. The molecule has 10 heteroatoms. The normalized spacial score (nSPS) is 11.4. The number of aromatic nitrogens is 2. The summed E-state index contributed by atoms with van der Waals surface area (Å²) in [6.45, 7) is 0. The number of rotatable bonds is 4. The van der Waals surface area contributed by atoms with Crippen molar-refractivity contribution in [2.75, 3.05) is 10.6 Å². The third kappa shape index (κ3) is 4.23. The van der Waals surface area contributed by atoms with Crippen LogP contribution in [0.3, 0.4) is 0 Å². The Morgan fingerprint density at radius 3 is 2.32 bits per heavy atom. The third-order valence-electron chi connectivity index (χ3n) is 3.81. The Morgan fingerprint density at radius 2 is 1.71 bits per heavy atom. The zero-order valence-corrected chi connectivity index (χ0v) is 15.8. The number of carbonyl (C=O) groups is 1. The molecule has 0 spiro atoms. The maximum absolute atomic E-state index is 12.8. The van der Waals surface area contributed by atoms with Crippen LogP contribution < -0.4 is 10.6 Å². The fourth-order valence-corrected chi connectivity index (χ4v) is 2.94. The molecule has 3 aromatic rings. The molecule has 5 nitrogen and oxygen atoms in total. The molecule has 0 aliphatic heterocycles. The summed E-state index contributed by atoms with van der Waals surface area (Å²) >= 11 is 12.3. The second kappa shape index (κ2) is 7.73. The molecule has 1 heterocycles. The van der Waals surface area contributed by atoms with Gasteiger partial charge in [0.2, 0.25) is 0 Å². The predicted molar refractivity (Wildman–Crippen MR) is 102 cm³/mol. The summed E-state index contributed by atoms with van der Waals surface area (Å²) in [5.74, 6) is -0.717. The SMILES string of the molecule is Cn1nc(C(F)(F)F)cc1NC(=O)c1ccccc1Nc1c(Cl)cccc1Cl. The van der Waals surface area contributed by atoms with Crippen molar-refractivity contribution in [1.29, 1.82) is 0 Å². The second-order valence-corrected chi connectivity index (χ2v) is 6.57. The zero-order chi connectivity index (χ0) is 20.5. The van der Waals surface area contributed by atoms with Crippen LogP contribution in [0, 0.1) is 0 Å². The van der Waals surface area contributed by atoms with E-state index in [9.17, 15) is 18.0 Å². The summed E-state index contributed by atoms with van der Waals surface area (Å²) in [5.41, 5.74) is -0.119. The average molecular weight is 429 g/mol. The molecule has 1 aromatic heterocycles. The molecule has 0 saturated heterocycles. The van der Waals surface area contributed by atoms with E-state index in [1.165, 1.54) is 13.1 Å². The fraction of sp³-hybridized carbons (Fsp3) is 0.111. The van der Waals surface area contributed by atoms with E-state index in [0.717, 1.165) is 10.7 Å². The molecule has 0 bridgehead atoms. The first-order chi connectivity index (χ1) is 13.2. The summed E-state index contributed by atoms with van der Waals surface area (Å²) in [6.07, 6.45) is -4.61. The van der Waals surface area contributed by atoms with Crippen LogP contribution in [0.1, 0.15) is 16.1 Å². The van der Waals surface area contributed by atoms with E-state index in [0.29, 0.717) is 21.4 Å². The number of halogens is 5. The van der Waals surface area contributed by atoms with Gasteiger partial charge in [-0.05, 0) is 24.3 Å². The maximum atomic E-state index is 12.8. The van der Waals surface area contributed by atoms with Crippen molar-refractivity contribution in [3.8, 4) is 0 Å². The summed E-state index contributed by atoms with van der Waals surface area (Å²) in [4.78, 5) is 12.7. The van der Waals surface area contributed by atoms with E-state index in [1.807, 2.05) is 0 Å². The lowest BCUT2D eigenvalue weighted by Crippen LogP contribution is -2.16. The molecule has 146 valence electrons. The van der Waals surface area contributed by atoms with Crippen molar-refractivity contribution >= 4 is 46.3 Å². The largest absolute Gasteiger partial charge is 0.435 e. The van der Waals surface area contributed by atoms with E-state index in [-0.39, 0.29) is 11.4 Å². The Morgan fingerprint density at radius 1 is 1.07 bits per heavy atom. The van der Waals surface area contributed by atoms with Gasteiger partial charge in [-0.2, -0.15) is 18.3 Å². The van der Waals surface area contributed by atoms with Crippen molar-refractivity contribution < 1.29 is 18.0 Å². The number of aryl methyl sites for hydroxylation is 1. The number of carbonyl (C=O) groups excluding carboxylic acids is 1. The molecule has 0 aliphatic carbocycles. The van der Waals surface area contributed by atoms with Gasteiger partial charge in [-0.1, -0.05) is 41.4 Å². The van der Waals surface area contributed by atoms with Gasteiger partial charge in [0.05, 0.1) is 27.0 Å². The molecule has 1 amide bonds. The minimum absolute atomic E-state index is 0.0945. The van der Waals surface area contributed by atoms with Gasteiger partial charge in [0.15, 0.2) is 5.69 Å². The number of benzene rings is 2. The molecule has 2 aromatic carbocycles. The van der Waals surface area contributed by atoms with Gasteiger partial charge >= 0.3 is 6.18 Å². The maximum Gasteiger partial charge on any atom is 0.435 e. The average Bonchev–Trinajstić information content (AvgIpc) is 2.99. The molecule has 0 aliphatic rings. The first kappa shape index (κ1) is 20.0. The summed E-state index contributed by atoms with van der Waals surface area (Å²) in [7, 11) is 1.30. The molecular weight excluding hydrogens is 416 g/mol. The number of amides is 1. The van der Waals surface area contributed by atoms with Crippen molar-refractivity contribution in [2.45, 2.75) is 6.18 Å². The van der Waals surface area contributed by atoms with Gasteiger partial charge in [-0.15, -0.1) is 0 Å². The monoisotopic (exact) mass is 428 g/mol. The van der Waals surface area contributed by atoms with Crippen molar-refractivity contribution in [1.82, 2.24) is 9.78 Å². The topological polar surface area (TPSA) is 59.0 Å².